The van der Waals surface area contributed by atoms with Crippen LogP contribution >= 0.6 is 0 Å². The van der Waals surface area contributed by atoms with Crippen molar-refractivity contribution in [3.8, 4) is 5.75 Å². The Morgan fingerprint density at radius 3 is 2.35 bits per heavy atom. The Labute approximate surface area is 119 Å². The Kier molecular flexibility index (Phi) is 4.72. The Hall–Kier alpha value is -2.35. The van der Waals surface area contributed by atoms with Gasteiger partial charge in [-0.15, -0.1) is 0 Å². The largest absolute Gasteiger partial charge is 0.508 e. The molecule has 0 amide bonds. The molecule has 1 N–H and O–H groups in total. The van der Waals surface area contributed by atoms with E-state index in [4.69, 9.17) is 0 Å². The lowest BCUT2D eigenvalue weighted by molar-refractivity contribution is -0.119. The molecular weight excluding hydrogens is 248 g/mol. The van der Waals surface area contributed by atoms with Crippen molar-refractivity contribution < 1.29 is 9.90 Å². The third-order valence-corrected chi connectivity index (χ3v) is 3.23. The SMILES string of the molecule is CC(=O)C(/C=C/c1ccc(O)cc1)Cc1ccccc1. The second kappa shape index (κ2) is 6.71. The zero-order chi connectivity index (χ0) is 14.4. The highest BCUT2D eigenvalue weighted by atomic mass is 16.3. The van der Waals surface area contributed by atoms with Crippen LogP contribution in [0, 0.1) is 5.92 Å². The van der Waals surface area contributed by atoms with Crippen LogP contribution in [-0.4, -0.2) is 10.9 Å². The van der Waals surface area contributed by atoms with Crippen LogP contribution in [0.3, 0.4) is 0 Å². The second-order valence-corrected chi connectivity index (χ2v) is 4.86. The van der Waals surface area contributed by atoms with Gasteiger partial charge in [-0.1, -0.05) is 54.6 Å². The van der Waals surface area contributed by atoms with Gasteiger partial charge in [0, 0.05) is 5.92 Å². The maximum atomic E-state index is 11.7. The molecule has 0 heterocycles. The van der Waals surface area contributed by atoms with Crippen LogP contribution < -0.4 is 0 Å². The van der Waals surface area contributed by atoms with E-state index in [2.05, 4.69) is 0 Å². The number of phenols is 1. The molecule has 0 fully saturated rings. The first kappa shape index (κ1) is 14.1. The maximum absolute atomic E-state index is 11.7. The van der Waals surface area contributed by atoms with E-state index in [0.29, 0.717) is 6.42 Å². The van der Waals surface area contributed by atoms with E-state index in [1.807, 2.05) is 54.6 Å². The number of phenolic OH excluding ortho intramolecular Hbond substituents is 1. The number of rotatable bonds is 5. The molecule has 2 aromatic rings. The number of hydrogen-bond donors (Lipinski definition) is 1. The van der Waals surface area contributed by atoms with Crippen molar-refractivity contribution in [2.45, 2.75) is 13.3 Å². The van der Waals surface area contributed by atoms with Gasteiger partial charge in [0.2, 0.25) is 0 Å². The Balaban J connectivity index is 2.09. The highest BCUT2D eigenvalue weighted by Crippen LogP contribution is 2.15. The fourth-order valence-electron chi connectivity index (χ4n) is 2.03. The average Bonchev–Trinajstić information content (AvgIpc) is 2.46. The molecule has 0 spiro atoms. The normalized spacial score (nSPS) is 12.4. The van der Waals surface area contributed by atoms with E-state index in [1.54, 1.807) is 19.1 Å². The number of aromatic hydroxyl groups is 1. The molecule has 0 aliphatic carbocycles. The number of carbonyl (C=O) groups is 1. The van der Waals surface area contributed by atoms with Crippen molar-refractivity contribution in [3.63, 3.8) is 0 Å². The van der Waals surface area contributed by atoms with E-state index in [1.165, 1.54) is 0 Å². The Morgan fingerprint density at radius 1 is 1.10 bits per heavy atom. The van der Waals surface area contributed by atoms with Gasteiger partial charge in [-0.3, -0.25) is 4.79 Å². The standard InChI is InChI=1S/C18H18O2/c1-14(19)17(13-16-5-3-2-4-6-16)10-7-15-8-11-18(20)12-9-15/h2-12,17,20H,13H2,1H3/b10-7+. The first-order valence-electron chi connectivity index (χ1n) is 6.67. The van der Waals surface area contributed by atoms with E-state index in [0.717, 1.165) is 11.1 Å². The molecule has 2 nitrogen and oxygen atoms in total. The number of benzene rings is 2. The molecule has 0 aliphatic rings. The fraction of sp³-hybridized carbons (Fsp3) is 0.167. The molecule has 0 bridgehead atoms. The van der Waals surface area contributed by atoms with E-state index < -0.39 is 0 Å². The third kappa shape index (κ3) is 4.09. The van der Waals surface area contributed by atoms with Crippen LogP contribution in [0.1, 0.15) is 18.1 Å². The van der Waals surface area contributed by atoms with Crippen molar-refractivity contribution in [1.29, 1.82) is 0 Å². The zero-order valence-corrected chi connectivity index (χ0v) is 11.5. The smallest absolute Gasteiger partial charge is 0.136 e. The number of hydrogen-bond acceptors (Lipinski definition) is 2. The maximum Gasteiger partial charge on any atom is 0.136 e. The van der Waals surface area contributed by atoms with Crippen LogP contribution in [0.2, 0.25) is 0 Å². The summed E-state index contributed by atoms with van der Waals surface area (Å²) < 4.78 is 0. The summed E-state index contributed by atoms with van der Waals surface area (Å²) in [6.07, 6.45) is 4.57. The molecule has 0 saturated carbocycles. The van der Waals surface area contributed by atoms with Crippen LogP contribution in [0.4, 0.5) is 0 Å². The van der Waals surface area contributed by atoms with Crippen LogP contribution in [-0.2, 0) is 11.2 Å². The molecule has 1 unspecified atom stereocenters. The summed E-state index contributed by atoms with van der Waals surface area (Å²) >= 11 is 0. The number of allylic oxidation sites excluding steroid dienone is 1. The van der Waals surface area contributed by atoms with Crippen molar-refractivity contribution >= 4 is 11.9 Å². The fourth-order valence-corrected chi connectivity index (χ4v) is 2.03. The van der Waals surface area contributed by atoms with Gasteiger partial charge in [-0.25, -0.2) is 0 Å². The predicted octanol–water partition coefficient (Wildman–Crippen LogP) is 3.85. The summed E-state index contributed by atoms with van der Waals surface area (Å²) in [6, 6.07) is 16.9. The van der Waals surface area contributed by atoms with Gasteiger partial charge < -0.3 is 5.11 Å². The Bertz CT molecular complexity index is 583. The Morgan fingerprint density at radius 2 is 1.75 bits per heavy atom. The molecule has 0 radical (unpaired) electrons. The highest BCUT2D eigenvalue weighted by Gasteiger charge is 2.11. The van der Waals surface area contributed by atoms with Crippen molar-refractivity contribution in [3.05, 3.63) is 71.8 Å². The molecular formula is C18H18O2. The summed E-state index contributed by atoms with van der Waals surface area (Å²) in [4.78, 5) is 11.7. The molecule has 1 atom stereocenters. The quantitative estimate of drug-likeness (QED) is 0.892. The molecule has 0 saturated heterocycles. The first-order valence-corrected chi connectivity index (χ1v) is 6.67. The van der Waals surface area contributed by atoms with Crippen molar-refractivity contribution in [1.82, 2.24) is 0 Å². The summed E-state index contributed by atoms with van der Waals surface area (Å²) in [5, 5.41) is 9.24. The zero-order valence-electron chi connectivity index (χ0n) is 11.5. The van der Waals surface area contributed by atoms with Gasteiger partial charge in [0.25, 0.3) is 0 Å². The molecule has 2 rings (SSSR count). The van der Waals surface area contributed by atoms with Gasteiger partial charge in [-0.05, 0) is 36.6 Å². The molecule has 2 aromatic carbocycles. The van der Waals surface area contributed by atoms with Gasteiger partial charge in [0.1, 0.15) is 11.5 Å². The van der Waals surface area contributed by atoms with Gasteiger partial charge in [-0.2, -0.15) is 0 Å². The lowest BCUT2D eigenvalue weighted by Crippen LogP contribution is -2.11. The lowest BCUT2D eigenvalue weighted by Gasteiger charge is -2.09. The summed E-state index contributed by atoms with van der Waals surface area (Å²) in [7, 11) is 0. The monoisotopic (exact) mass is 266 g/mol. The van der Waals surface area contributed by atoms with Crippen LogP contribution in [0.5, 0.6) is 5.75 Å². The molecule has 0 aromatic heterocycles. The second-order valence-electron chi connectivity index (χ2n) is 4.86. The van der Waals surface area contributed by atoms with Gasteiger partial charge >= 0.3 is 0 Å². The summed E-state index contributed by atoms with van der Waals surface area (Å²) in [5.41, 5.74) is 2.13. The van der Waals surface area contributed by atoms with Crippen LogP contribution in [0.15, 0.2) is 60.7 Å². The minimum absolute atomic E-state index is 0.119. The third-order valence-electron chi connectivity index (χ3n) is 3.23. The first-order chi connectivity index (χ1) is 9.65. The predicted molar refractivity (Wildman–Crippen MR) is 81.5 cm³/mol. The summed E-state index contributed by atoms with van der Waals surface area (Å²) in [6.45, 7) is 1.62. The van der Waals surface area contributed by atoms with Crippen molar-refractivity contribution in [2.24, 2.45) is 5.92 Å². The molecule has 0 aliphatic heterocycles. The number of carbonyl (C=O) groups excluding carboxylic acids is 1. The van der Waals surface area contributed by atoms with E-state index >= 15 is 0 Å². The lowest BCUT2D eigenvalue weighted by atomic mass is 9.95. The van der Waals surface area contributed by atoms with Crippen LogP contribution in [0.25, 0.3) is 6.08 Å². The van der Waals surface area contributed by atoms with E-state index in [9.17, 15) is 9.90 Å². The van der Waals surface area contributed by atoms with Crippen molar-refractivity contribution in [2.75, 3.05) is 0 Å². The average molecular weight is 266 g/mol. The topological polar surface area (TPSA) is 37.3 Å². The molecule has 20 heavy (non-hydrogen) atoms. The minimum atomic E-state index is -0.119. The molecule has 102 valence electrons. The van der Waals surface area contributed by atoms with Gasteiger partial charge in [0.05, 0.1) is 0 Å². The highest BCUT2D eigenvalue weighted by molar-refractivity contribution is 5.81. The number of ketones is 1. The minimum Gasteiger partial charge on any atom is -0.508 e. The molecule has 2 heteroatoms. The van der Waals surface area contributed by atoms with Gasteiger partial charge in [0.15, 0.2) is 0 Å². The van der Waals surface area contributed by atoms with E-state index in [-0.39, 0.29) is 17.5 Å². The summed E-state index contributed by atoms with van der Waals surface area (Å²) in [5.74, 6) is 0.282. The number of Topliss-reactive ketones (excluding diaryl/α,β-unsaturated/α-hetero) is 1.